The third-order valence-corrected chi connectivity index (χ3v) is 4.43. The van der Waals surface area contributed by atoms with Crippen molar-refractivity contribution in [3.63, 3.8) is 0 Å². The van der Waals surface area contributed by atoms with Crippen molar-refractivity contribution in [3.8, 4) is 6.07 Å². The zero-order valence-corrected chi connectivity index (χ0v) is 9.49. The van der Waals surface area contributed by atoms with Crippen LogP contribution in [0.4, 0.5) is 0 Å². The molecule has 0 aromatic heterocycles. The SMILES string of the molecule is COCC(C)(O)C1(C#N)CC2CCC1C2. The molecule has 0 amide bonds. The van der Waals surface area contributed by atoms with Gasteiger partial charge in [-0.1, -0.05) is 6.42 Å². The predicted molar refractivity (Wildman–Crippen MR) is 56.0 cm³/mol. The van der Waals surface area contributed by atoms with Crippen LogP contribution in [0.2, 0.25) is 0 Å². The largest absolute Gasteiger partial charge is 0.386 e. The number of nitrogens with zero attached hydrogens (tertiary/aromatic N) is 1. The summed E-state index contributed by atoms with van der Waals surface area (Å²) in [5.74, 6) is 1.02. The molecular weight excluding hydrogens is 190 g/mol. The molecule has 1 N–H and O–H groups in total. The van der Waals surface area contributed by atoms with Crippen LogP contribution in [0, 0.1) is 28.6 Å². The van der Waals surface area contributed by atoms with Gasteiger partial charge in [0.1, 0.15) is 5.60 Å². The average Bonchev–Trinajstić information content (AvgIpc) is 2.76. The Morgan fingerprint density at radius 3 is 2.73 bits per heavy atom. The maximum Gasteiger partial charge on any atom is 0.104 e. The Bertz CT molecular complexity index is 294. The van der Waals surface area contributed by atoms with Crippen molar-refractivity contribution in [2.75, 3.05) is 13.7 Å². The molecule has 84 valence electrons. The van der Waals surface area contributed by atoms with Gasteiger partial charge in [0.2, 0.25) is 0 Å². The van der Waals surface area contributed by atoms with Crippen molar-refractivity contribution >= 4 is 0 Å². The predicted octanol–water partition coefficient (Wildman–Crippen LogP) is 1.71. The first-order valence-corrected chi connectivity index (χ1v) is 5.68. The van der Waals surface area contributed by atoms with Gasteiger partial charge in [0, 0.05) is 7.11 Å². The minimum Gasteiger partial charge on any atom is -0.386 e. The van der Waals surface area contributed by atoms with Crippen LogP contribution in [0.15, 0.2) is 0 Å². The molecule has 2 saturated carbocycles. The first kappa shape index (κ1) is 10.9. The van der Waals surface area contributed by atoms with Crippen LogP contribution in [0.3, 0.4) is 0 Å². The van der Waals surface area contributed by atoms with E-state index in [9.17, 15) is 10.4 Å². The summed E-state index contributed by atoms with van der Waals surface area (Å²) in [5, 5.41) is 19.9. The van der Waals surface area contributed by atoms with Crippen LogP contribution < -0.4 is 0 Å². The minimum atomic E-state index is -1.00. The highest BCUT2D eigenvalue weighted by molar-refractivity contribution is 5.19. The van der Waals surface area contributed by atoms with E-state index >= 15 is 0 Å². The van der Waals surface area contributed by atoms with Crippen LogP contribution in [0.1, 0.15) is 32.6 Å². The van der Waals surface area contributed by atoms with Crippen LogP contribution in [0.25, 0.3) is 0 Å². The number of ether oxygens (including phenoxy) is 1. The topological polar surface area (TPSA) is 53.2 Å². The maximum absolute atomic E-state index is 10.4. The van der Waals surface area contributed by atoms with Gasteiger partial charge in [0.25, 0.3) is 0 Å². The monoisotopic (exact) mass is 209 g/mol. The summed E-state index contributed by atoms with van der Waals surface area (Å²) in [4.78, 5) is 0. The normalized spacial score (nSPS) is 42.5. The van der Waals surface area contributed by atoms with E-state index in [1.807, 2.05) is 0 Å². The van der Waals surface area contributed by atoms with Crippen molar-refractivity contribution in [1.29, 1.82) is 5.26 Å². The number of hydrogen-bond acceptors (Lipinski definition) is 3. The van der Waals surface area contributed by atoms with E-state index in [0.717, 1.165) is 19.3 Å². The molecule has 0 aromatic carbocycles. The smallest absolute Gasteiger partial charge is 0.104 e. The third-order valence-electron chi connectivity index (χ3n) is 4.43. The van der Waals surface area contributed by atoms with E-state index in [1.165, 1.54) is 6.42 Å². The lowest BCUT2D eigenvalue weighted by Gasteiger charge is -2.42. The Kier molecular flexibility index (Phi) is 2.52. The highest BCUT2D eigenvalue weighted by atomic mass is 16.5. The molecule has 4 unspecified atom stereocenters. The van der Waals surface area contributed by atoms with E-state index in [-0.39, 0.29) is 6.61 Å². The van der Waals surface area contributed by atoms with Gasteiger partial charge in [-0.05, 0) is 38.0 Å². The van der Waals surface area contributed by atoms with Crippen molar-refractivity contribution in [2.45, 2.75) is 38.2 Å². The fourth-order valence-electron chi connectivity index (χ4n) is 3.66. The van der Waals surface area contributed by atoms with Gasteiger partial charge < -0.3 is 9.84 Å². The summed E-state index contributed by atoms with van der Waals surface area (Å²) in [7, 11) is 1.58. The number of aliphatic hydroxyl groups is 1. The second-order valence-corrected chi connectivity index (χ2v) is 5.37. The fraction of sp³-hybridized carbons (Fsp3) is 0.917. The van der Waals surface area contributed by atoms with E-state index in [2.05, 4.69) is 6.07 Å². The first-order valence-electron chi connectivity index (χ1n) is 5.68. The Morgan fingerprint density at radius 1 is 1.60 bits per heavy atom. The molecule has 2 fully saturated rings. The van der Waals surface area contributed by atoms with Gasteiger partial charge in [0.15, 0.2) is 0 Å². The molecular formula is C12H19NO2. The first-order chi connectivity index (χ1) is 7.05. The van der Waals surface area contributed by atoms with Gasteiger partial charge in [-0.15, -0.1) is 0 Å². The van der Waals surface area contributed by atoms with Gasteiger partial charge in [-0.3, -0.25) is 0 Å². The van der Waals surface area contributed by atoms with Crippen LogP contribution in [-0.2, 0) is 4.74 Å². The lowest BCUT2D eigenvalue weighted by Crippen LogP contribution is -2.51. The zero-order valence-electron chi connectivity index (χ0n) is 9.49. The molecule has 2 rings (SSSR count). The highest BCUT2D eigenvalue weighted by Crippen LogP contribution is 2.60. The lowest BCUT2D eigenvalue weighted by atomic mass is 9.64. The van der Waals surface area contributed by atoms with E-state index in [0.29, 0.717) is 11.8 Å². The summed E-state index contributed by atoms with van der Waals surface area (Å²) in [6.45, 7) is 2.00. The third kappa shape index (κ3) is 1.39. The molecule has 0 heterocycles. The molecule has 0 saturated heterocycles. The van der Waals surface area contributed by atoms with Crippen molar-refractivity contribution < 1.29 is 9.84 Å². The Balaban J connectivity index is 2.27. The van der Waals surface area contributed by atoms with E-state index in [1.54, 1.807) is 14.0 Å². The van der Waals surface area contributed by atoms with Crippen molar-refractivity contribution in [1.82, 2.24) is 0 Å². The summed E-state index contributed by atoms with van der Waals surface area (Å²) in [6, 6.07) is 2.40. The molecule has 4 atom stereocenters. The summed E-state index contributed by atoms with van der Waals surface area (Å²) < 4.78 is 5.05. The molecule has 3 nitrogen and oxygen atoms in total. The van der Waals surface area contributed by atoms with Crippen LogP contribution in [0.5, 0.6) is 0 Å². The number of rotatable bonds is 3. The molecule has 0 spiro atoms. The van der Waals surface area contributed by atoms with Crippen LogP contribution >= 0.6 is 0 Å². The van der Waals surface area contributed by atoms with Gasteiger partial charge in [-0.25, -0.2) is 0 Å². The average molecular weight is 209 g/mol. The quantitative estimate of drug-likeness (QED) is 0.770. The number of methoxy groups -OCH3 is 1. The van der Waals surface area contributed by atoms with Gasteiger partial charge in [0.05, 0.1) is 18.1 Å². The van der Waals surface area contributed by atoms with Crippen LogP contribution in [-0.4, -0.2) is 24.4 Å². The standard InChI is InChI=1S/C12H19NO2/c1-11(14,8-15-2)12(7-13)6-9-3-4-10(12)5-9/h9-10,14H,3-6,8H2,1-2H3. The second-order valence-electron chi connectivity index (χ2n) is 5.37. The van der Waals surface area contributed by atoms with Crippen molar-refractivity contribution in [2.24, 2.45) is 17.3 Å². The minimum absolute atomic E-state index is 0.254. The Hall–Kier alpha value is -0.590. The molecule has 3 heteroatoms. The Morgan fingerprint density at radius 2 is 2.33 bits per heavy atom. The fourth-order valence-corrected chi connectivity index (χ4v) is 3.66. The molecule has 0 aromatic rings. The summed E-state index contributed by atoms with van der Waals surface area (Å²) in [5.41, 5.74) is -1.57. The molecule has 15 heavy (non-hydrogen) atoms. The number of nitriles is 1. The van der Waals surface area contributed by atoms with Crippen molar-refractivity contribution in [3.05, 3.63) is 0 Å². The summed E-state index contributed by atoms with van der Waals surface area (Å²) in [6.07, 6.45) is 4.30. The second kappa shape index (κ2) is 3.47. The van der Waals surface area contributed by atoms with Gasteiger partial charge in [-0.2, -0.15) is 5.26 Å². The molecule has 2 aliphatic carbocycles. The summed E-state index contributed by atoms with van der Waals surface area (Å²) >= 11 is 0. The Labute approximate surface area is 91.0 Å². The number of hydrogen-bond donors (Lipinski definition) is 1. The molecule has 2 aliphatic rings. The van der Waals surface area contributed by atoms with E-state index in [4.69, 9.17) is 4.74 Å². The molecule has 0 radical (unpaired) electrons. The van der Waals surface area contributed by atoms with E-state index < -0.39 is 11.0 Å². The highest BCUT2D eigenvalue weighted by Gasteiger charge is 2.60. The lowest BCUT2D eigenvalue weighted by molar-refractivity contribution is -0.109. The molecule has 0 aliphatic heterocycles. The zero-order chi connectivity index (χ0) is 11.1. The maximum atomic E-state index is 10.4. The van der Waals surface area contributed by atoms with Gasteiger partial charge >= 0.3 is 0 Å². The molecule has 2 bridgehead atoms. The number of fused-ring (bicyclic) bond motifs is 2.